The Bertz CT molecular complexity index is 1390. The van der Waals surface area contributed by atoms with Gasteiger partial charge in [0.25, 0.3) is 5.91 Å². The molecule has 2 aromatic rings. The van der Waals surface area contributed by atoms with Crippen molar-refractivity contribution in [2.45, 2.75) is 78.8 Å². The van der Waals surface area contributed by atoms with E-state index in [4.69, 9.17) is 9.15 Å². The number of dihydropyridines is 1. The van der Waals surface area contributed by atoms with Gasteiger partial charge in [0.1, 0.15) is 17.0 Å². The summed E-state index contributed by atoms with van der Waals surface area (Å²) in [4.78, 5) is 30.7. The molecule has 0 aliphatic carbocycles. The van der Waals surface area contributed by atoms with Crippen LogP contribution in [0.2, 0.25) is 0 Å². The molecule has 1 amide bonds. The van der Waals surface area contributed by atoms with Gasteiger partial charge in [0, 0.05) is 60.8 Å². The molecule has 1 aromatic heterocycles. The van der Waals surface area contributed by atoms with E-state index in [1.165, 1.54) is 19.3 Å². The zero-order chi connectivity index (χ0) is 28.9. The number of hydrogen-bond acceptors (Lipinski definition) is 7. The topological polar surface area (TPSA) is 87.1 Å². The van der Waals surface area contributed by atoms with Gasteiger partial charge in [0.05, 0.1) is 12.1 Å². The molecule has 3 aliphatic heterocycles. The smallest absolute Gasteiger partial charge is 0.252 e. The summed E-state index contributed by atoms with van der Waals surface area (Å²) in [5.41, 5.74) is 6.47. The van der Waals surface area contributed by atoms with Gasteiger partial charge in [-0.2, -0.15) is 0 Å². The third-order valence-corrected chi connectivity index (χ3v) is 8.71. The SMILES string of the molecule is CCc1c(N(CC)C2CCOCC2)cc2oc(CN3CCCCC3)cc2c1C(=O)NCC1=C(C)C=C(C)NC1=C=O. The molecule has 2 saturated heterocycles. The lowest BCUT2D eigenvalue weighted by molar-refractivity contribution is 0.0845. The van der Waals surface area contributed by atoms with Crippen LogP contribution in [0.15, 0.2) is 45.2 Å². The van der Waals surface area contributed by atoms with Crippen molar-refractivity contribution < 1.29 is 18.7 Å². The van der Waals surface area contributed by atoms with Crippen molar-refractivity contribution in [1.29, 1.82) is 0 Å². The minimum Gasteiger partial charge on any atom is -0.460 e. The summed E-state index contributed by atoms with van der Waals surface area (Å²) in [5.74, 6) is 2.75. The Morgan fingerprint density at radius 2 is 1.90 bits per heavy atom. The Morgan fingerprint density at radius 1 is 1.15 bits per heavy atom. The van der Waals surface area contributed by atoms with E-state index in [2.05, 4.69) is 46.4 Å². The second-order valence-corrected chi connectivity index (χ2v) is 11.5. The van der Waals surface area contributed by atoms with Gasteiger partial charge in [-0.05, 0) is 89.2 Å². The predicted octanol–water partition coefficient (Wildman–Crippen LogP) is 5.26. The first-order chi connectivity index (χ1) is 19.9. The monoisotopic (exact) mass is 560 g/mol. The molecule has 0 unspecified atom stereocenters. The van der Waals surface area contributed by atoms with Gasteiger partial charge in [-0.3, -0.25) is 9.69 Å². The number of anilines is 1. The zero-order valence-electron chi connectivity index (χ0n) is 25.0. The van der Waals surface area contributed by atoms with Crippen molar-refractivity contribution in [1.82, 2.24) is 15.5 Å². The maximum Gasteiger partial charge on any atom is 0.252 e. The highest BCUT2D eigenvalue weighted by Gasteiger charge is 2.28. The number of benzene rings is 1. The van der Waals surface area contributed by atoms with E-state index in [0.717, 1.165) is 97.1 Å². The Kier molecular flexibility index (Phi) is 9.33. The van der Waals surface area contributed by atoms with E-state index in [-0.39, 0.29) is 12.5 Å². The first kappa shape index (κ1) is 29.2. The number of nitrogens with one attached hydrogen (secondary N) is 2. The minimum absolute atomic E-state index is 0.154. The first-order valence-corrected chi connectivity index (χ1v) is 15.3. The molecule has 5 rings (SSSR count). The average molecular weight is 561 g/mol. The van der Waals surface area contributed by atoms with Crippen molar-refractivity contribution in [2.24, 2.45) is 0 Å². The standard InChI is InChI=1S/C33H44N4O4/c1-5-26-30(37(6-2)24-10-14-40-15-11-24)18-31-27(17-25(41-31)20-36-12-8-7-9-13-36)32(26)33(39)34-19-28-22(3)16-23(4)35-29(28)21-38/h16-18,24,35H,5-15,19-20H2,1-4H3,(H,34,39). The summed E-state index contributed by atoms with van der Waals surface area (Å²) in [5, 5.41) is 7.08. The second kappa shape index (κ2) is 13.1. The van der Waals surface area contributed by atoms with Gasteiger partial charge in [-0.1, -0.05) is 13.3 Å². The summed E-state index contributed by atoms with van der Waals surface area (Å²) >= 11 is 0. The van der Waals surface area contributed by atoms with Crippen molar-refractivity contribution in [3.8, 4) is 0 Å². The van der Waals surface area contributed by atoms with Crippen molar-refractivity contribution in [2.75, 3.05) is 44.3 Å². The lowest BCUT2D eigenvalue weighted by Gasteiger charge is -2.37. The molecule has 8 nitrogen and oxygen atoms in total. The Labute approximate surface area is 243 Å². The van der Waals surface area contributed by atoms with Crippen LogP contribution >= 0.6 is 0 Å². The maximum atomic E-state index is 14.1. The number of fused-ring (bicyclic) bond motifs is 1. The number of furan rings is 1. The minimum atomic E-state index is -0.154. The molecular formula is C33H44N4O4. The molecule has 0 atom stereocenters. The second-order valence-electron chi connectivity index (χ2n) is 11.5. The van der Waals surface area contributed by atoms with Gasteiger partial charge in [-0.25, -0.2) is 4.79 Å². The highest BCUT2D eigenvalue weighted by atomic mass is 16.5. The van der Waals surface area contributed by atoms with Gasteiger partial charge < -0.3 is 24.7 Å². The van der Waals surface area contributed by atoms with Gasteiger partial charge in [0.2, 0.25) is 0 Å². The number of rotatable bonds is 9. The molecule has 4 heterocycles. The normalized spacial score (nSPS) is 18.7. The largest absolute Gasteiger partial charge is 0.460 e. The molecule has 2 fully saturated rings. The van der Waals surface area contributed by atoms with E-state index in [9.17, 15) is 9.59 Å². The molecule has 41 heavy (non-hydrogen) atoms. The fraction of sp³-hybridized carbons (Fsp3) is 0.545. The quantitative estimate of drug-likeness (QED) is 0.405. The number of carbonyl (C=O) groups excluding carboxylic acids is 2. The van der Waals surface area contributed by atoms with E-state index in [1.807, 2.05) is 25.9 Å². The summed E-state index contributed by atoms with van der Waals surface area (Å²) in [6.07, 6.45) is 8.33. The van der Waals surface area contributed by atoms with Crippen LogP contribution < -0.4 is 15.5 Å². The third kappa shape index (κ3) is 6.30. The molecule has 8 heteroatoms. The molecule has 0 saturated carbocycles. The Balaban J connectivity index is 1.55. The number of likely N-dealkylation sites (tertiary alicyclic amines) is 1. The third-order valence-electron chi connectivity index (χ3n) is 8.71. The van der Waals surface area contributed by atoms with Gasteiger partial charge in [0.15, 0.2) is 5.94 Å². The van der Waals surface area contributed by atoms with Crippen LogP contribution in [0.5, 0.6) is 0 Å². The van der Waals surface area contributed by atoms with Crippen LogP contribution in [0, 0.1) is 0 Å². The average Bonchev–Trinajstić information content (AvgIpc) is 3.38. The van der Waals surface area contributed by atoms with E-state index >= 15 is 0 Å². The van der Waals surface area contributed by atoms with E-state index in [0.29, 0.717) is 23.7 Å². The summed E-state index contributed by atoms with van der Waals surface area (Å²) < 4.78 is 12.1. The van der Waals surface area contributed by atoms with Crippen LogP contribution in [-0.2, 0) is 22.5 Å². The number of piperidine rings is 1. The Morgan fingerprint density at radius 3 is 2.59 bits per heavy atom. The van der Waals surface area contributed by atoms with E-state index < -0.39 is 0 Å². The summed E-state index contributed by atoms with van der Waals surface area (Å²) in [6.45, 7) is 13.6. The number of amides is 1. The zero-order valence-corrected chi connectivity index (χ0v) is 25.0. The lowest BCUT2D eigenvalue weighted by atomic mass is 9.95. The van der Waals surface area contributed by atoms with E-state index in [1.54, 1.807) is 0 Å². The molecule has 3 aliphatic rings. The number of nitrogens with zero attached hydrogens (tertiary/aromatic N) is 2. The fourth-order valence-electron chi connectivity index (χ4n) is 6.66. The molecule has 0 spiro atoms. The van der Waals surface area contributed by atoms with Crippen LogP contribution in [0.25, 0.3) is 11.0 Å². The maximum absolute atomic E-state index is 14.1. The van der Waals surface area contributed by atoms with Crippen molar-refractivity contribution in [3.05, 3.63) is 57.6 Å². The van der Waals surface area contributed by atoms with Gasteiger partial charge in [-0.15, -0.1) is 0 Å². The number of allylic oxidation sites excluding steroid dienone is 3. The van der Waals surface area contributed by atoms with Crippen LogP contribution in [-0.4, -0.2) is 62.2 Å². The molecule has 0 bridgehead atoms. The van der Waals surface area contributed by atoms with Crippen molar-refractivity contribution in [3.63, 3.8) is 0 Å². The highest BCUT2D eigenvalue weighted by Crippen LogP contribution is 2.37. The number of carbonyl (C=O) groups is 1. The molecule has 1 aromatic carbocycles. The lowest BCUT2D eigenvalue weighted by Crippen LogP contribution is -2.40. The van der Waals surface area contributed by atoms with Crippen LogP contribution in [0.3, 0.4) is 0 Å². The first-order valence-electron chi connectivity index (χ1n) is 15.3. The molecule has 0 radical (unpaired) electrons. The molecule has 2 N–H and O–H groups in total. The fourth-order valence-corrected chi connectivity index (χ4v) is 6.66. The highest BCUT2D eigenvalue weighted by molar-refractivity contribution is 6.09. The summed E-state index contributed by atoms with van der Waals surface area (Å²) in [7, 11) is 0. The summed E-state index contributed by atoms with van der Waals surface area (Å²) in [6, 6.07) is 4.58. The predicted molar refractivity (Wildman–Crippen MR) is 163 cm³/mol. The number of ether oxygens (including phenoxy) is 1. The van der Waals surface area contributed by atoms with Crippen LogP contribution in [0.4, 0.5) is 5.69 Å². The molecule has 220 valence electrons. The van der Waals surface area contributed by atoms with Crippen LogP contribution in [0.1, 0.15) is 81.5 Å². The van der Waals surface area contributed by atoms with Crippen molar-refractivity contribution >= 4 is 28.5 Å². The van der Waals surface area contributed by atoms with Gasteiger partial charge >= 0.3 is 0 Å². The Hall–Kier alpha value is -3.32. The molecular weight excluding hydrogens is 516 g/mol. The number of hydrogen-bond donors (Lipinski definition) is 2.